The minimum absolute atomic E-state index is 0.335. The van der Waals surface area contributed by atoms with Gasteiger partial charge in [-0.15, -0.1) is 0 Å². The van der Waals surface area contributed by atoms with E-state index in [2.05, 4.69) is 18.8 Å². The second kappa shape index (κ2) is 8.73. The molecule has 2 heterocycles. The van der Waals surface area contributed by atoms with Crippen molar-refractivity contribution in [3.8, 4) is 5.69 Å². The van der Waals surface area contributed by atoms with Gasteiger partial charge in [0.25, 0.3) is 5.56 Å². The Morgan fingerprint density at radius 1 is 1.00 bits per heavy atom. The van der Waals surface area contributed by atoms with Crippen molar-refractivity contribution in [2.75, 3.05) is 0 Å². The number of fused-ring (bicyclic) bond motifs is 1. The number of hydrogen-bond acceptors (Lipinski definition) is 3. The highest BCUT2D eigenvalue weighted by molar-refractivity contribution is 6.42. The first kappa shape index (κ1) is 21.4. The summed E-state index contributed by atoms with van der Waals surface area (Å²) >= 11 is 12.2. The van der Waals surface area contributed by atoms with Crippen LogP contribution in [0.5, 0.6) is 0 Å². The normalized spacial score (nSPS) is 11.5. The van der Waals surface area contributed by atoms with Gasteiger partial charge in [-0.25, -0.2) is 14.3 Å². The monoisotopic (exact) mass is 456 g/mol. The molecule has 0 bridgehead atoms. The van der Waals surface area contributed by atoms with Crippen LogP contribution in [0, 0.1) is 5.92 Å². The van der Waals surface area contributed by atoms with Gasteiger partial charge in [-0.3, -0.25) is 9.36 Å². The molecule has 4 rings (SSSR count). The van der Waals surface area contributed by atoms with Crippen LogP contribution in [0.2, 0.25) is 10.0 Å². The Morgan fingerprint density at radius 2 is 1.74 bits per heavy atom. The summed E-state index contributed by atoms with van der Waals surface area (Å²) < 4.78 is 4.56. The third-order valence-corrected chi connectivity index (χ3v) is 5.92. The maximum Gasteiger partial charge on any atom is 0.337 e. The molecule has 0 saturated heterocycles. The Balaban J connectivity index is 1.94. The topological polar surface area (TPSA) is 61.8 Å². The summed E-state index contributed by atoms with van der Waals surface area (Å²) in [6, 6.07) is 14.6. The number of para-hydroxylation sites is 1. The third kappa shape index (κ3) is 4.18. The van der Waals surface area contributed by atoms with Gasteiger partial charge < -0.3 is 4.57 Å². The molecule has 0 fully saturated rings. The number of rotatable bonds is 6. The summed E-state index contributed by atoms with van der Waals surface area (Å²) in [5.41, 5.74) is 1.52. The van der Waals surface area contributed by atoms with Crippen molar-refractivity contribution in [1.82, 2.24) is 18.7 Å². The summed E-state index contributed by atoms with van der Waals surface area (Å²) in [6.45, 7) is 4.84. The zero-order valence-electron chi connectivity index (χ0n) is 17.3. The summed E-state index contributed by atoms with van der Waals surface area (Å²) in [7, 11) is 0. The highest BCUT2D eigenvalue weighted by Gasteiger charge is 2.19. The van der Waals surface area contributed by atoms with E-state index < -0.39 is 0 Å². The van der Waals surface area contributed by atoms with Crippen molar-refractivity contribution in [2.24, 2.45) is 5.92 Å². The molecule has 2 aromatic heterocycles. The first-order valence-electron chi connectivity index (χ1n) is 10.1. The molecule has 0 atom stereocenters. The summed E-state index contributed by atoms with van der Waals surface area (Å²) in [5.74, 6) is 0.355. The Kier molecular flexibility index (Phi) is 6.03. The number of halogens is 2. The van der Waals surface area contributed by atoms with Crippen molar-refractivity contribution < 1.29 is 0 Å². The van der Waals surface area contributed by atoms with Gasteiger partial charge in [-0.05, 0) is 42.2 Å². The molecule has 0 N–H and O–H groups in total. The van der Waals surface area contributed by atoms with E-state index in [0.29, 0.717) is 45.9 Å². The molecule has 0 aliphatic heterocycles. The lowest BCUT2D eigenvalue weighted by molar-refractivity contribution is 0.491. The SMILES string of the molecule is CC(C)CCn1c(=O)c2c(ncn2Cc2ccc(Cl)c(Cl)c2)n(-c2ccccc2)c1=O. The molecule has 0 aliphatic carbocycles. The van der Waals surface area contributed by atoms with Crippen molar-refractivity contribution in [2.45, 2.75) is 33.4 Å². The summed E-state index contributed by atoms with van der Waals surface area (Å²) in [5, 5.41) is 0.911. The second-order valence-electron chi connectivity index (χ2n) is 7.89. The van der Waals surface area contributed by atoms with Crippen LogP contribution < -0.4 is 11.2 Å². The van der Waals surface area contributed by atoms with Gasteiger partial charge in [0.05, 0.1) is 22.1 Å². The Hall–Kier alpha value is -2.83. The molecule has 160 valence electrons. The molecule has 6 nitrogen and oxygen atoms in total. The van der Waals surface area contributed by atoms with E-state index in [-0.39, 0.29) is 11.2 Å². The van der Waals surface area contributed by atoms with E-state index in [1.807, 2.05) is 36.4 Å². The summed E-state index contributed by atoms with van der Waals surface area (Å²) in [4.78, 5) is 31.1. The molecular weight excluding hydrogens is 435 g/mol. The highest BCUT2D eigenvalue weighted by atomic mass is 35.5. The van der Waals surface area contributed by atoms with E-state index in [4.69, 9.17) is 23.2 Å². The van der Waals surface area contributed by atoms with Crippen LogP contribution in [0.3, 0.4) is 0 Å². The maximum atomic E-state index is 13.4. The minimum atomic E-state index is -0.385. The van der Waals surface area contributed by atoms with E-state index in [1.54, 1.807) is 23.0 Å². The number of hydrogen-bond donors (Lipinski definition) is 0. The maximum absolute atomic E-state index is 13.4. The molecule has 0 aliphatic rings. The Labute approximate surface area is 189 Å². The molecule has 0 radical (unpaired) electrons. The van der Waals surface area contributed by atoms with E-state index in [1.165, 1.54) is 9.13 Å². The van der Waals surface area contributed by atoms with Crippen LogP contribution >= 0.6 is 23.2 Å². The predicted molar refractivity (Wildman–Crippen MR) is 125 cm³/mol. The minimum Gasteiger partial charge on any atom is -0.320 e. The standard InChI is InChI=1S/C23H22Cl2N4O2/c1-15(2)10-11-28-22(30)20-21(29(23(28)31)17-6-4-3-5-7-17)26-14-27(20)13-16-8-9-18(24)19(25)12-16/h3-9,12,14-15H,10-11,13H2,1-2H3. The molecule has 0 unspecified atom stereocenters. The van der Waals surface area contributed by atoms with Crippen LogP contribution in [0.15, 0.2) is 64.4 Å². The highest BCUT2D eigenvalue weighted by Crippen LogP contribution is 2.23. The number of aromatic nitrogens is 4. The average Bonchev–Trinajstić information content (AvgIpc) is 3.14. The van der Waals surface area contributed by atoms with Gasteiger partial charge in [0, 0.05) is 13.1 Å². The molecule has 2 aromatic carbocycles. The molecule has 0 spiro atoms. The van der Waals surface area contributed by atoms with Gasteiger partial charge >= 0.3 is 5.69 Å². The molecular formula is C23H22Cl2N4O2. The first-order chi connectivity index (χ1) is 14.9. The van der Waals surface area contributed by atoms with Crippen molar-refractivity contribution >= 4 is 34.4 Å². The van der Waals surface area contributed by atoms with E-state index in [9.17, 15) is 9.59 Å². The zero-order chi connectivity index (χ0) is 22.1. The van der Waals surface area contributed by atoms with E-state index in [0.717, 1.165) is 12.0 Å². The largest absolute Gasteiger partial charge is 0.337 e. The average molecular weight is 457 g/mol. The lowest BCUT2D eigenvalue weighted by atomic mass is 10.1. The third-order valence-electron chi connectivity index (χ3n) is 5.18. The quantitative estimate of drug-likeness (QED) is 0.420. The van der Waals surface area contributed by atoms with Crippen LogP contribution in [0.25, 0.3) is 16.9 Å². The number of nitrogens with zero attached hydrogens (tertiary/aromatic N) is 4. The molecule has 0 amide bonds. The first-order valence-corrected chi connectivity index (χ1v) is 10.8. The fraction of sp³-hybridized carbons (Fsp3) is 0.261. The lowest BCUT2D eigenvalue weighted by Crippen LogP contribution is -2.40. The Morgan fingerprint density at radius 3 is 2.42 bits per heavy atom. The zero-order valence-corrected chi connectivity index (χ0v) is 18.8. The van der Waals surface area contributed by atoms with Crippen LogP contribution in [-0.2, 0) is 13.1 Å². The molecule has 31 heavy (non-hydrogen) atoms. The van der Waals surface area contributed by atoms with Crippen LogP contribution in [0.4, 0.5) is 0 Å². The van der Waals surface area contributed by atoms with Gasteiger partial charge in [-0.1, -0.05) is 61.3 Å². The van der Waals surface area contributed by atoms with Crippen molar-refractivity contribution in [3.63, 3.8) is 0 Å². The van der Waals surface area contributed by atoms with Gasteiger partial charge in [0.1, 0.15) is 0 Å². The Bertz CT molecular complexity index is 1350. The second-order valence-corrected chi connectivity index (χ2v) is 8.70. The fourth-order valence-electron chi connectivity index (χ4n) is 3.53. The van der Waals surface area contributed by atoms with Gasteiger partial charge in [0.2, 0.25) is 0 Å². The summed E-state index contributed by atoms with van der Waals surface area (Å²) in [6.07, 6.45) is 2.30. The smallest absolute Gasteiger partial charge is 0.320 e. The van der Waals surface area contributed by atoms with Crippen LogP contribution in [-0.4, -0.2) is 18.7 Å². The van der Waals surface area contributed by atoms with Gasteiger partial charge in [0.15, 0.2) is 11.2 Å². The predicted octanol–water partition coefficient (Wildman–Crippen LogP) is 4.75. The lowest BCUT2D eigenvalue weighted by Gasteiger charge is -2.13. The fourth-order valence-corrected chi connectivity index (χ4v) is 3.85. The number of benzene rings is 2. The molecule has 4 aromatic rings. The molecule has 8 heteroatoms. The van der Waals surface area contributed by atoms with Crippen molar-refractivity contribution in [3.05, 3.63) is 91.3 Å². The van der Waals surface area contributed by atoms with Gasteiger partial charge in [-0.2, -0.15) is 0 Å². The van der Waals surface area contributed by atoms with E-state index >= 15 is 0 Å². The van der Waals surface area contributed by atoms with Crippen molar-refractivity contribution in [1.29, 1.82) is 0 Å². The molecule has 0 saturated carbocycles. The van der Waals surface area contributed by atoms with Crippen LogP contribution in [0.1, 0.15) is 25.8 Å². The number of imidazole rings is 1.